The second kappa shape index (κ2) is 6.85. The van der Waals surface area contributed by atoms with E-state index in [2.05, 4.69) is 19.9 Å². The third-order valence-electron chi connectivity index (χ3n) is 2.53. The molecule has 1 heteroatoms. The summed E-state index contributed by atoms with van der Waals surface area (Å²) in [6, 6.07) is 9.39. The van der Waals surface area contributed by atoms with E-state index >= 15 is 0 Å². The van der Waals surface area contributed by atoms with Gasteiger partial charge in [0.1, 0.15) is 0 Å². The van der Waals surface area contributed by atoms with Crippen LogP contribution in [0.25, 0.3) is 0 Å². The fourth-order valence-corrected chi connectivity index (χ4v) is 1.57. The summed E-state index contributed by atoms with van der Waals surface area (Å²) in [6.45, 7) is 6.20. The third kappa shape index (κ3) is 5.30. The molecule has 0 unspecified atom stereocenters. The minimum absolute atomic E-state index is 0.0975. The molecule has 90 valence electrons. The molecule has 0 fully saturated rings. The summed E-state index contributed by atoms with van der Waals surface area (Å²) < 4.78 is 0. The van der Waals surface area contributed by atoms with Crippen molar-refractivity contribution in [3.63, 3.8) is 0 Å². The Kier molecular flexibility index (Phi) is 5.41. The van der Waals surface area contributed by atoms with Gasteiger partial charge in [-0.1, -0.05) is 47.6 Å². The Morgan fingerprint density at radius 1 is 1.12 bits per heavy atom. The van der Waals surface area contributed by atoms with Crippen LogP contribution in [0.15, 0.2) is 53.6 Å². The Bertz CT molecular complexity index is 420. The van der Waals surface area contributed by atoms with E-state index in [1.54, 1.807) is 6.08 Å². The molecular formula is C16H20O. The summed E-state index contributed by atoms with van der Waals surface area (Å²) >= 11 is 0. The van der Waals surface area contributed by atoms with Crippen molar-refractivity contribution in [1.29, 1.82) is 0 Å². The van der Waals surface area contributed by atoms with Crippen molar-refractivity contribution in [2.75, 3.05) is 0 Å². The maximum atomic E-state index is 11.9. The quantitative estimate of drug-likeness (QED) is 0.410. The molecular weight excluding hydrogens is 208 g/mol. The van der Waals surface area contributed by atoms with Gasteiger partial charge in [0.15, 0.2) is 5.78 Å². The first-order valence-electron chi connectivity index (χ1n) is 5.99. The summed E-state index contributed by atoms with van der Waals surface area (Å²) in [5, 5.41) is 0. The third-order valence-corrected chi connectivity index (χ3v) is 2.53. The van der Waals surface area contributed by atoms with Crippen LogP contribution in [-0.4, -0.2) is 5.78 Å². The molecule has 0 radical (unpaired) electrons. The summed E-state index contributed by atoms with van der Waals surface area (Å²) in [4.78, 5) is 11.9. The standard InChI is InChI=1S/C16H20O/c1-13(2)8-7-9-14(3)12-16(17)15-10-5-4-6-11-15/h4-6,8,10-12H,7,9H2,1-3H3/b14-12+. The highest BCUT2D eigenvalue weighted by Crippen LogP contribution is 2.09. The summed E-state index contributed by atoms with van der Waals surface area (Å²) in [5.41, 5.74) is 3.22. The molecule has 0 N–H and O–H groups in total. The first kappa shape index (κ1) is 13.4. The Hall–Kier alpha value is -1.63. The van der Waals surface area contributed by atoms with E-state index in [0.717, 1.165) is 24.0 Å². The normalized spacial score (nSPS) is 11.1. The molecule has 0 atom stereocenters. The van der Waals surface area contributed by atoms with E-state index < -0.39 is 0 Å². The molecule has 0 aliphatic rings. The highest BCUT2D eigenvalue weighted by Gasteiger charge is 2.01. The topological polar surface area (TPSA) is 17.1 Å². The lowest BCUT2D eigenvalue weighted by Gasteiger charge is -1.99. The van der Waals surface area contributed by atoms with E-state index in [1.807, 2.05) is 37.3 Å². The largest absolute Gasteiger partial charge is 0.289 e. The van der Waals surface area contributed by atoms with Crippen LogP contribution in [0.2, 0.25) is 0 Å². The van der Waals surface area contributed by atoms with E-state index in [9.17, 15) is 4.79 Å². The fraction of sp³-hybridized carbons (Fsp3) is 0.312. The first-order chi connectivity index (χ1) is 8.09. The number of carbonyl (C=O) groups excluding carboxylic acids is 1. The van der Waals surface area contributed by atoms with Gasteiger partial charge in [-0.05, 0) is 39.7 Å². The lowest BCUT2D eigenvalue weighted by Crippen LogP contribution is -1.95. The monoisotopic (exact) mass is 228 g/mol. The van der Waals surface area contributed by atoms with Gasteiger partial charge in [-0.2, -0.15) is 0 Å². The highest BCUT2D eigenvalue weighted by atomic mass is 16.1. The number of hydrogen-bond acceptors (Lipinski definition) is 1. The minimum atomic E-state index is 0.0975. The number of hydrogen-bond donors (Lipinski definition) is 0. The van der Waals surface area contributed by atoms with E-state index in [-0.39, 0.29) is 5.78 Å². The molecule has 0 aliphatic heterocycles. The van der Waals surface area contributed by atoms with Crippen molar-refractivity contribution in [1.82, 2.24) is 0 Å². The van der Waals surface area contributed by atoms with Crippen LogP contribution in [0.1, 0.15) is 44.0 Å². The van der Waals surface area contributed by atoms with Crippen LogP contribution in [0.5, 0.6) is 0 Å². The van der Waals surface area contributed by atoms with E-state index in [0.29, 0.717) is 0 Å². The number of carbonyl (C=O) groups is 1. The van der Waals surface area contributed by atoms with Crippen LogP contribution < -0.4 is 0 Å². The Balaban J connectivity index is 2.57. The summed E-state index contributed by atoms with van der Waals surface area (Å²) in [6.07, 6.45) is 5.90. The van der Waals surface area contributed by atoms with Crippen LogP contribution in [0.3, 0.4) is 0 Å². The molecule has 1 aromatic carbocycles. The fourth-order valence-electron chi connectivity index (χ4n) is 1.57. The number of ketones is 1. The molecule has 0 amide bonds. The van der Waals surface area contributed by atoms with Crippen molar-refractivity contribution in [2.45, 2.75) is 33.6 Å². The Labute approximate surface area is 104 Å². The van der Waals surface area contributed by atoms with Crippen molar-refractivity contribution in [3.8, 4) is 0 Å². The van der Waals surface area contributed by atoms with Gasteiger partial charge in [0.05, 0.1) is 0 Å². The molecule has 0 bridgehead atoms. The smallest absolute Gasteiger partial charge is 0.185 e. The van der Waals surface area contributed by atoms with E-state index in [4.69, 9.17) is 0 Å². The van der Waals surface area contributed by atoms with Crippen LogP contribution in [0.4, 0.5) is 0 Å². The zero-order valence-electron chi connectivity index (χ0n) is 10.9. The first-order valence-corrected chi connectivity index (χ1v) is 5.99. The zero-order valence-corrected chi connectivity index (χ0v) is 10.9. The molecule has 0 heterocycles. The average Bonchev–Trinajstić information content (AvgIpc) is 2.29. The molecule has 0 spiro atoms. The van der Waals surface area contributed by atoms with Crippen molar-refractivity contribution < 1.29 is 4.79 Å². The van der Waals surface area contributed by atoms with Gasteiger partial charge >= 0.3 is 0 Å². The van der Waals surface area contributed by atoms with Crippen molar-refractivity contribution in [3.05, 3.63) is 59.2 Å². The van der Waals surface area contributed by atoms with Gasteiger partial charge in [0.25, 0.3) is 0 Å². The zero-order chi connectivity index (χ0) is 12.7. The van der Waals surface area contributed by atoms with Crippen LogP contribution >= 0.6 is 0 Å². The number of allylic oxidation sites excluding steroid dienone is 4. The number of benzene rings is 1. The molecule has 1 rings (SSSR count). The maximum absolute atomic E-state index is 11.9. The van der Waals surface area contributed by atoms with Gasteiger partial charge < -0.3 is 0 Å². The highest BCUT2D eigenvalue weighted by molar-refractivity contribution is 6.04. The van der Waals surface area contributed by atoms with Gasteiger partial charge in [-0.15, -0.1) is 0 Å². The average molecular weight is 228 g/mol. The molecule has 0 aromatic heterocycles. The summed E-state index contributed by atoms with van der Waals surface area (Å²) in [5.74, 6) is 0.0975. The molecule has 1 nitrogen and oxygen atoms in total. The van der Waals surface area contributed by atoms with Gasteiger partial charge in [-0.3, -0.25) is 4.79 Å². The van der Waals surface area contributed by atoms with Gasteiger partial charge in [0, 0.05) is 5.56 Å². The second-order valence-electron chi connectivity index (χ2n) is 4.54. The predicted octanol–water partition coefficient (Wildman–Crippen LogP) is 4.56. The number of rotatable bonds is 5. The lowest BCUT2D eigenvalue weighted by atomic mass is 10.1. The molecule has 1 aromatic rings. The van der Waals surface area contributed by atoms with Gasteiger partial charge in [-0.25, -0.2) is 0 Å². The van der Waals surface area contributed by atoms with Crippen LogP contribution in [-0.2, 0) is 0 Å². The molecule has 17 heavy (non-hydrogen) atoms. The Morgan fingerprint density at radius 3 is 2.35 bits per heavy atom. The minimum Gasteiger partial charge on any atom is -0.289 e. The van der Waals surface area contributed by atoms with Crippen LogP contribution in [0, 0.1) is 0 Å². The lowest BCUT2D eigenvalue weighted by molar-refractivity contribution is 0.104. The molecule has 0 saturated heterocycles. The maximum Gasteiger partial charge on any atom is 0.185 e. The predicted molar refractivity (Wildman–Crippen MR) is 73.2 cm³/mol. The summed E-state index contributed by atoms with van der Waals surface area (Å²) in [7, 11) is 0. The van der Waals surface area contributed by atoms with Crippen molar-refractivity contribution >= 4 is 5.78 Å². The SMILES string of the molecule is CC(C)=CCC/C(C)=C/C(=O)c1ccccc1. The molecule has 0 aliphatic carbocycles. The van der Waals surface area contributed by atoms with Gasteiger partial charge in [0.2, 0.25) is 0 Å². The van der Waals surface area contributed by atoms with E-state index in [1.165, 1.54) is 5.57 Å². The Morgan fingerprint density at radius 2 is 1.76 bits per heavy atom. The molecule has 0 saturated carbocycles. The van der Waals surface area contributed by atoms with Crippen molar-refractivity contribution in [2.24, 2.45) is 0 Å². The second-order valence-corrected chi connectivity index (χ2v) is 4.54.